The van der Waals surface area contributed by atoms with Gasteiger partial charge in [0.1, 0.15) is 36.4 Å². The van der Waals surface area contributed by atoms with Crippen LogP contribution in [0.4, 0.5) is 0 Å². The summed E-state index contributed by atoms with van der Waals surface area (Å²) in [5.41, 5.74) is 0.358. The minimum absolute atomic E-state index is 0.143. The van der Waals surface area contributed by atoms with E-state index in [0.717, 1.165) is 0 Å². The normalized spacial score (nSPS) is 10.7. The Morgan fingerprint density at radius 1 is 1.10 bits per heavy atom. The van der Waals surface area contributed by atoms with Gasteiger partial charge in [0.2, 0.25) is 0 Å². The van der Waals surface area contributed by atoms with Gasteiger partial charge in [-0.25, -0.2) is 4.79 Å². The van der Waals surface area contributed by atoms with E-state index < -0.39 is 5.97 Å². The Bertz CT molecular complexity index is 951. The van der Waals surface area contributed by atoms with Crippen LogP contribution >= 0.6 is 11.6 Å². The van der Waals surface area contributed by atoms with Crippen molar-refractivity contribution in [3.63, 3.8) is 0 Å². The molecule has 0 aliphatic carbocycles. The van der Waals surface area contributed by atoms with Gasteiger partial charge in [0, 0.05) is 6.07 Å². The summed E-state index contributed by atoms with van der Waals surface area (Å²) in [5.74, 6) is 1.34. The van der Waals surface area contributed by atoms with Crippen LogP contribution in [0.2, 0.25) is 5.02 Å². The summed E-state index contributed by atoms with van der Waals surface area (Å²) in [6, 6.07) is 12.2. The molecule has 2 rings (SSSR count). The van der Waals surface area contributed by atoms with Gasteiger partial charge in [0.05, 0.1) is 25.8 Å². The Labute approximate surface area is 180 Å². The van der Waals surface area contributed by atoms with Gasteiger partial charge in [-0.15, -0.1) is 0 Å². The van der Waals surface area contributed by atoms with Crippen molar-refractivity contribution in [1.82, 2.24) is 0 Å². The molecule has 0 N–H and O–H groups in total. The van der Waals surface area contributed by atoms with Crippen molar-refractivity contribution in [2.75, 3.05) is 34.0 Å². The number of hydrogen-bond acceptors (Lipinski definition) is 7. The van der Waals surface area contributed by atoms with Crippen LogP contribution in [0.3, 0.4) is 0 Å². The van der Waals surface area contributed by atoms with E-state index >= 15 is 0 Å². The maximum Gasteiger partial charge on any atom is 0.348 e. The number of ether oxygens (including phenoxy) is 5. The van der Waals surface area contributed by atoms with E-state index in [1.165, 1.54) is 13.2 Å². The maximum atomic E-state index is 11.8. The number of halogens is 1. The Morgan fingerprint density at radius 3 is 2.50 bits per heavy atom. The largest absolute Gasteiger partial charge is 0.497 e. The summed E-state index contributed by atoms with van der Waals surface area (Å²) in [4.78, 5) is 11.8. The number of rotatable bonds is 10. The van der Waals surface area contributed by atoms with E-state index in [0.29, 0.717) is 28.6 Å². The van der Waals surface area contributed by atoms with Crippen molar-refractivity contribution in [3.05, 3.63) is 52.6 Å². The fourth-order valence-electron chi connectivity index (χ4n) is 2.47. The predicted octanol–water partition coefficient (Wildman–Crippen LogP) is 4.29. The molecule has 2 aromatic rings. The Kier molecular flexibility index (Phi) is 8.85. The van der Waals surface area contributed by atoms with Crippen LogP contribution in [0.15, 0.2) is 42.0 Å². The zero-order valence-corrected chi connectivity index (χ0v) is 17.7. The van der Waals surface area contributed by atoms with Gasteiger partial charge in [-0.1, -0.05) is 17.7 Å². The SMILES string of the molecule is CCOC(=O)/C(C#N)=C/c1cc(Cl)c(OCCOc2cccc(OC)c2)c(OC)c1. The van der Waals surface area contributed by atoms with Crippen molar-refractivity contribution in [3.8, 4) is 29.1 Å². The molecule has 0 aromatic heterocycles. The molecule has 0 saturated heterocycles. The lowest BCUT2D eigenvalue weighted by Crippen LogP contribution is -2.10. The Morgan fingerprint density at radius 2 is 1.83 bits per heavy atom. The Hall–Kier alpha value is -3.37. The highest BCUT2D eigenvalue weighted by Gasteiger charge is 2.14. The van der Waals surface area contributed by atoms with E-state index in [9.17, 15) is 10.1 Å². The fourth-order valence-corrected chi connectivity index (χ4v) is 2.74. The number of hydrogen-bond donors (Lipinski definition) is 0. The highest BCUT2D eigenvalue weighted by Crippen LogP contribution is 2.37. The number of nitriles is 1. The first-order valence-corrected chi connectivity index (χ1v) is 9.46. The number of carbonyl (C=O) groups excluding carboxylic acids is 1. The summed E-state index contributed by atoms with van der Waals surface area (Å²) in [6.45, 7) is 2.33. The van der Waals surface area contributed by atoms with Gasteiger partial charge in [-0.3, -0.25) is 0 Å². The monoisotopic (exact) mass is 431 g/mol. The van der Waals surface area contributed by atoms with E-state index in [2.05, 4.69) is 0 Å². The van der Waals surface area contributed by atoms with Gasteiger partial charge >= 0.3 is 5.97 Å². The van der Waals surface area contributed by atoms with E-state index in [4.69, 9.17) is 35.3 Å². The summed E-state index contributed by atoms with van der Waals surface area (Å²) >= 11 is 6.33. The molecule has 0 amide bonds. The number of benzene rings is 2. The third-order valence-electron chi connectivity index (χ3n) is 3.82. The van der Waals surface area contributed by atoms with Gasteiger partial charge < -0.3 is 23.7 Å². The van der Waals surface area contributed by atoms with Crippen molar-refractivity contribution < 1.29 is 28.5 Å². The van der Waals surface area contributed by atoms with Crippen LogP contribution in [0.25, 0.3) is 6.08 Å². The van der Waals surface area contributed by atoms with Crippen LogP contribution in [0.5, 0.6) is 23.0 Å². The van der Waals surface area contributed by atoms with E-state index in [-0.39, 0.29) is 30.4 Å². The molecular weight excluding hydrogens is 410 g/mol. The van der Waals surface area contributed by atoms with E-state index in [1.54, 1.807) is 32.2 Å². The predicted molar refractivity (Wildman–Crippen MR) is 112 cm³/mol. The van der Waals surface area contributed by atoms with Crippen LogP contribution in [-0.4, -0.2) is 40.0 Å². The van der Waals surface area contributed by atoms with Gasteiger partial charge in [0.25, 0.3) is 0 Å². The molecule has 158 valence electrons. The number of nitrogens with zero attached hydrogens (tertiary/aromatic N) is 1. The van der Waals surface area contributed by atoms with Crippen LogP contribution in [0.1, 0.15) is 12.5 Å². The molecule has 30 heavy (non-hydrogen) atoms. The van der Waals surface area contributed by atoms with Crippen LogP contribution in [0, 0.1) is 11.3 Å². The van der Waals surface area contributed by atoms with Crippen molar-refractivity contribution in [2.24, 2.45) is 0 Å². The highest BCUT2D eigenvalue weighted by atomic mass is 35.5. The van der Waals surface area contributed by atoms with E-state index in [1.807, 2.05) is 24.3 Å². The second-order valence-corrected chi connectivity index (χ2v) is 6.21. The average molecular weight is 432 g/mol. The third-order valence-corrected chi connectivity index (χ3v) is 4.10. The quantitative estimate of drug-likeness (QED) is 0.240. The minimum Gasteiger partial charge on any atom is -0.497 e. The third kappa shape index (κ3) is 6.33. The first-order chi connectivity index (χ1) is 14.5. The molecular formula is C22H22ClNO6. The summed E-state index contributed by atoms with van der Waals surface area (Å²) in [5, 5.41) is 9.44. The maximum absolute atomic E-state index is 11.8. The minimum atomic E-state index is -0.704. The summed E-state index contributed by atoms with van der Waals surface area (Å²) in [7, 11) is 3.05. The van der Waals surface area contributed by atoms with Gasteiger partial charge in [0.15, 0.2) is 11.5 Å². The zero-order chi connectivity index (χ0) is 21.9. The fraction of sp³-hybridized carbons (Fsp3) is 0.273. The van der Waals surface area contributed by atoms with Crippen LogP contribution < -0.4 is 18.9 Å². The molecule has 0 bridgehead atoms. The molecule has 0 saturated carbocycles. The lowest BCUT2D eigenvalue weighted by molar-refractivity contribution is -0.137. The van der Waals surface area contributed by atoms with Crippen molar-refractivity contribution in [2.45, 2.75) is 6.92 Å². The molecule has 0 unspecified atom stereocenters. The first kappa shape index (κ1) is 22.9. The molecule has 0 aliphatic rings. The molecule has 8 heteroatoms. The lowest BCUT2D eigenvalue weighted by atomic mass is 10.1. The number of esters is 1. The smallest absolute Gasteiger partial charge is 0.348 e. The second-order valence-electron chi connectivity index (χ2n) is 5.80. The highest BCUT2D eigenvalue weighted by molar-refractivity contribution is 6.32. The standard InChI is InChI=1S/C22H22ClNO6/c1-4-28-22(25)16(14-24)10-15-11-19(23)21(20(12-15)27-3)30-9-8-29-18-7-5-6-17(13-18)26-2/h5-7,10-13H,4,8-9H2,1-3H3/b16-10+. The molecule has 0 radical (unpaired) electrons. The number of carbonyl (C=O) groups is 1. The zero-order valence-electron chi connectivity index (χ0n) is 16.9. The molecule has 0 heterocycles. The van der Waals surface area contributed by atoms with Crippen molar-refractivity contribution >= 4 is 23.6 Å². The molecule has 0 fully saturated rings. The average Bonchev–Trinajstić information content (AvgIpc) is 2.75. The topological polar surface area (TPSA) is 87.0 Å². The molecule has 0 spiro atoms. The molecule has 7 nitrogen and oxygen atoms in total. The first-order valence-electron chi connectivity index (χ1n) is 9.08. The Balaban J connectivity index is 2.08. The summed E-state index contributed by atoms with van der Waals surface area (Å²) in [6.07, 6.45) is 1.38. The summed E-state index contributed by atoms with van der Waals surface area (Å²) < 4.78 is 26.7. The number of methoxy groups -OCH3 is 2. The van der Waals surface area contributed by atoms with Crippen molar-refractivity contribution in [1.29, 1.82) is 5.26 Å². The van der Waals surface area contributed by atoms with Gasteiger partial charge in [-0.2, -0.15) is 5.26 Å². The second kappa shape index (κ2) is 11.6. The lowest BCUT2D eigenvalue weighted by Gasteiger charge is -2.14. The van der Waals surface area contributed by atoms with Crippen LogP contribution in [-0.2, 0) is 9.53 Å². The molecule has 0 atom stereocenters. The van der Waals surface area contributed by atoms with Gasteiger partial charge in [-0.05, 0) is 42.8 Å². The molecule has 0 aliphatic heterocycles. The molecule has 2 aromatic carbocycles.